The first-order chi connectivity index (χ1) is 14.3. The molecule has 2 amide bonds. The van der Waals surface area contributed by atoms with Crippen LogP contribution < -0.4 is 5.32 Å². The number of fused-ring (bicyclic) bond motifs is 1. The van der Waals surface area contributed by atoms with Crippen LogP contribution in [0.1, 0.15) is 5.01 Å². The Kier molecular flexibility index (Phi) is 5.61. The fraction of sp³-hybridized carbons (Fsp3) is 0.429. The van der Waals surface area contributed by atoms with Crippen molar-refractivity contribution in [2.75, 3.05) is 11.5 Å². The smallest absolute Gasteiger partial charge is 0.352 e. The van der Waals surface area contributed by atoms with Crippen molar-refractivity contribution in [2.24, 2.45) is 0 Å². The third kappa shape index (κ3) is 3.84. The van der Waals surface area contributed by atoms with Gasteiger partial charge in [-0.1, -0.05) is 11.3 Å². The number of aromatic nitrogens is 6. The Bertz CT molecular complexity index is 1070. The summed E-state index contributed by atoms with van der Waals surface area (Å²) >= 11 is 2.48. The highest BCUT2D eigenvalue weighted by Gasteiger charge is 2.54. The summed E-state index contributed by atoms with van der Waals surface area (Å²) < 4.78 is 14.1. The van der Waals surface area contributed by atoms with Crippen molar-refractivity contribution in [3.63, 3.8) is 0 Å². The Balaban J connectivity index is 1.48. The molecular weight excluding hydrogens is 456 g/mol. The first-order valence-electron chi connectivity index (χ1n) is 8.43. The molecular formula is C14H14N8O5S3. The summed E-state index contributed by atoms with van der Waals surface area (Å²) in [5.74, 6) is -2.09. The van der Waals surface area contributed by atoms with Gasteiger partial charge in [0.1, 0.15) is 35.0 Å². The molecule has 0 aromatic carbocycles. The van der Waals surface area contributed by atoms with E-state index in [1.165, 1.54) is 34.1 Å². The van der Waals surface area contributed by atoms with Crippen LogP contribution in [0.4, 0.5) is 0 Å². The van der Waals surface area contributed by atoms with Gasteiger partial charge in [0.05, 0.1) is 16.6 Å². The Hall–Kier alpha value is -2.72. The molecule has 2 aliphatic heterocycles. The van der Waals surface area contributed by atoms with E-state index in [0.29, 0.717) is 14.9 Å². The van der Waals surface area contributed by atoms with Crippen molar-refractivity contribution in [3.8, 4) is 0 Å². The molecule has 4 heterocycles. The summed E-state index contributed by atoms with van der Waals surface area (Å²) in [6.07, 6.45) is 1.26. The lowest BCUT2D eigenvalue weighted by molar-refractivity contribution is -0.150. The minimum absolute atomic E-state index is 0.0594. The number of carbonyl (C=O) groups is 3. The first-order valence-corrected chi connectivity index (χ1v) is 11.6. The number of aryl methyl sites for hydroxylation is 1. The summed E-state index contributed by atoms with van der Waals surface area (Å²) in [4.78, 5) is 37.7. The Labute approximate surface area is 179 Å². The number of nitrogens with zero attached hydrogens (tertiary/aromatic N) is 7. The fourth-order valence-electron chi connectivity index (χ4n) is 3.00. The average molecular weight is 471 g/mol. The molecule has 1 saturated heterocycles. The normalized spacial score (nSPS) is 21.8. The van der Waals surface area contributed by atoms with Crippen molar-refractivity contribution in [3.05, 3.63) is 22.6 Å². The fourth-order valence-corrected chi connectivity index (χ4v) is 6.62. The number of nitrogens with one attached hydrogen (secondary N) is 1. The van der Waals surface area contributed by atoms with Crippen LogP contribution in [-0.2, 0) is 31.7 Å². The number of aliphatic carboxylic acids is 1. The number of carboxylic acid groups (broad SMARTS) is 1. The third-order valence-electron chi connectivity index (χ3n) is 4.27. The molecule has 2 aliphatic rings. The quantitative estimate of drug-likeness (QED) is 0.445. The second-order valence-electron chi connectivity index (χ2n) is 6.30. The Morgan fingerprint density at radius 1 is 1.40 bits per heavy atom. The first kappa shape index (κ1) is 20.5. The monoisotopic (exact) mass is 470 g/mol. The van der Waals surface area contributed by atoms with Gasteiger partial charge in [-0.05, 0) is 22.9 Å². The molecule has 2 N–H and O–H groups in total. The molecule has 0 spiro atoms. The Morgan fingerprint density at radius 2 is 2.20 bits per heavy atom. The van der Waals surface area contributed by atoms with Gasteiger partial charge in [-0.25, -0.2) is 9.48 Å². The van der Waals surface area contributed by atoms with Gasteiger partial charge in [0, 0.05) is 5.75 Å². The largest absolute Gasteiger partial charge is 0.477 e. The highest BCUT2D eigenvalue weighted by molar-refractivity contribution is 8.00. The van der Waals surface area contributed by atoms with Crippen molar-refractivity contribution >= 4 is 51.7 Å². The van der Waals surface area contributed by atoms with E-state index in [9.17, 15) is 23.7 Å². The molecule has 13 nitrogen and oxygen atoms in total. The van der Waals surface area contributed by atoms with Crippen LogP contribution in [0.3, 0.4) is 0 Å². The van der Waals surface area contributed by atoms with Crippen LogP contribution in [0.25, 0.3) is 0 Å². The number of amides is 2. The molecule has 1 fully saturated rings. The molecule has 2 aromatic heterocycles. The van der Waals surface area contributed by atoms with Crippen LogP contribution in [0.15, 0.2) is 21.9 Å². The number of rotatable bonds is 7. The van der Waals surface area contributed by atoms with E-state index in [1.54, 1.807) is 6.92 Å². The molecule has 3 unspecified atom stereocenters. The number of carboxylic acids is 1. The molecule has 3 atom stereocenters. The maximum atomic E-state index is 12.6. The third-order valence-corrected chi connectivity index (χ3v) is 8.13. The summed E-state index contributed by atoms with van der Waals surface area (Å²) in [7, 11) is -1.57. The molecule has 0 bridgehead atoms. The number of hydrogen-bond acceptors (Lipinski definition) is 11. The highest BCUT2D eigenvalue weighted by Crippen LogP contribution is 2.40. The van der Waals surface area contributed by atoms with Crippen LogP contribution in [0, 0.1) is 6.92 Å². The van der Waals surface area contributed by atoms with Gasteiger partial charge in [-0.2, -0.15) is 0 Å². The highest BCUT2D eigenvalue weighted by atomic mass is 32.2. The van der Waals surface area contributed by atoms with E-state index in [0.717, 1.165) is 4.90 Å². The lowest BCUT2D eigenvalue weighted by Crippen LogP contribution is -2.70. The number of carbonyl (C=O) groups excluding carboxylic acids is 2. The average Bonchev–Trinajstić information content (AvgIpc) is 3.37. The minimum Gasteiger partial charge on any atom is -0.477 e. The van der Waals surface area contributed by atoms with E-state index >= 15 is 0 Å². The number of thioether (sulfide) groups is 1. The van der Waals surface area contributed by atoms with Crippen LogP contribution in [-0.4, -0.2) is 85.3 Å². The SMILES string of the molecule is Cc1nnc(S(=O)CC2=C(C(=O)O)N3C(=O)C(NC(=O)Cn4cnnn4)C3SC2)s1. The minimum atomic E-state index is -1.57. The van der Waals surface area contributed by atoms with Gasteiger partial charge < -0.3 is 10.4 Å². The van der Waals surface area contributed by atoms with E-state index in [1.807, 2.05) is 0 Å². The van der Waals surface area contributed by atoms with Crippen molar-refractivity contribution in [1.82, 2.24) is 40.6 Å². The van der Waals surface area contributed by atoms with E-state index in [2.05, 4.69) is 31.0 Å². The van der Waals surface area contributed by atoms with Crippen molar-refractivity contribution in [2.45, 2.75) is 29.2 Å². The van der Waals surface area contributed by atoms with Gasteiger partial charge in [-0.15, -0.1) is 27.1 Å². The van der Waals surface area contributed by atoms with Gasteiger partial charge in [0.2, 0.25) is 10.2 Å². The molecule has 4 rings (SSSR count). The van der Waals surface area contributed by atoms with E-state index < -0.39 is 40.0 Å². The summed E-state index contributed by atoms with van der Waals surface area (Å²) in [6.45, 7) is 1.56. The number of β-lactam (4-membered cyclic amide) rings is 1. The lowest BCUT2D eigenvalue weighted by atomic mass is 10.0. The molecule has 0 aliphatic carbocycles. The van der Waals surface area contributed by atoms with Crippen LogP contribution >= 0.6 is 23.1 Å². The molecule has 0 radical (unpaired) electrons. The van der Waals surface area contributed by atoms with Gasteiger partial charge in [0.25, 0.3) is 5.91 Å². The van der Waals surface area contributed by atoms with E-state index in [-0.39, 0.29) is 23.7 Å². The summed E-state index contributed by atoms with van der Waals surface area (Å²) in [5, 5.41) is 30.4. The van der Waals surface area contributed by atoms with Crippen LogP contribution in [0.2, 0.25) is 0 Å². The van der Waals surface area contributed by atoms with Crippen molar-refractivity contribution < 1.29 is 23.7 Å². The zero-order valence-electron chi connectivity index (χ0n) is 15.3. The number of hydrogen-bond donors (Lipinski definition) is 2. The topological polar surface area (TPSA) is 173 Å². The van der Waals surface area contributed by atoms with E-state index in [4.69, 9.17) is 0 Å². The second-order valence-corrected chi connectivity index (χ2v) is 10.2. The van der Waals surface area contributed by atoms with Gasteiger partial charge in [0.15, 0.2) is 0 Å². The second kappa shape index (κ2) is 8.19. The van der Waals surface area contributed by atoms with Crippen molar-refractivity contribution in [1.29, 1.82) is 0 Å². The standard InChI is InChI=1S/C14H14N8O5S3/c1-6-17-18-14(29-6)30(27)4-7-3-28-12-9(11(24)22(12)10(7)13(25)26)16-8(23)2-21-5-15-19-20-21/h5,9,12H,2-4H2,1H3,(H,16,23)(H,25,26). The molecule has 0 saturated carbocycles. The number of tetrazole rings is 1. The maximum absolute atomic E-state index is 12.6. The Morgan fingerprint density at radius 3 is 2.83 bits per heavy atom. The molecule has 30 heavy (non-hydrogen) atoms. The molecule has 2 aromatic rings. The predicted octanol–water partition coefficient (Wildman–Crippen LogP) is -1.62. The summed E-state index contributed by atoms with van der Waals surface area (Å²) in [6, 6.07) is -0.855. The zero-order valence-corrected chi connectivity index (χ0v) is 17.7. The predicted molar refractivity (Wildman–Crippen MR) is 103 cm³/mol. The lowest BCUT2D eigenvalue weighted by Gasteiger charge is -2.49. The molecule has 16 heteroatoms. The van der Waals surface area contributed by atoms with Gasteiger partial charge >= 0.3 is 5.97 Å². The maximum Gasteiger partial charge on any atom is 0.352 e. The van der Waals surface area contributed by atoms with Gasteiger partial charge in [-0.3, -0.25) is 18.7 Å². The summed E-state index contributed by atoms with van der Waals surface area (Å²) in [5.41, 5.74) is 0.186. The zero-order chi connectivity index (χ0) is 21.4. The van der Waals surface area contributed by atoms with Crippen LogP contribution in [0.5, 0.6) is 0 Å². The molecule has 158 valence electrons.